The first-order chi connectivity index (χ1) is 9.13. The zero-order valence-corrected chi connectivity index (χ0v) is 12.8. The molecule has 108 valence electrons. The Bertz CT molecular complexity index is 361. The van der Waals surface area contributed by atoms with Crippen LogP contribution in [0, 0.1) is 0 Å². The lowest BCUT2D eigenvalue weighted by atomic mass is 10.2. The van der Waals surface area contributed by atoms with Gasteiger partial charge in [-0.3, -0.25) is 9.59 Å². The van der Waals surface area contributed by atoms with Crippen LogP contribution in [0.5, 0.6) is 0 Å². The summed E-state index contributed by atoms with van der Waals surface area (Å²) in [6.45, 7) is 6.46. The quantitative estimate of drug-likeness (QED) is 0.793. The topological polar surface area (TPSA) is 40.6 Å². The van der Waals surface area contributed by atoms with Crippen molar-refractivity contribution in [1.29, 1.82) is 0 Å². The van der Waals surface area contributed by atoms with Gasteiger partial charge in [0.1, 0.15) is 4.87 Å². The maximum Gasteiger partial charge on any atom is 0.223 e. The summed E-state index contributed by atoms with van der Waals surface area (Å²) in [6.07, 6.45) is 3.99. The highest BCUT2D eigenvalue weighted by Crippen LogP contribution is 2.43. The molecule has 0 aliphatic carbocycles. The van der Waals surface area contributed by atoms with Gasteiger partial charge in [0.15, 0.2) is 0 Å². The first kappa shape index (κ1) is 14.7. The Balaban J connectivity index is 2.03. The summed E-state index contributed by atoms with van der Waals surface area (Å²) in [7, 11) is 0. The van der Waals surface area contributed by atoms with E-state index < -0.39 is 0 Å². The zero-order chi connectivity index (χ0) is 13.9. The minimum atomic E-state index is -0.115. The fourth-order valence-electron chi connectivity index (χ4n) is 3.00. The van der Waals surface area contributed by atoms with Crippen LogP contribution in [0.25, 0.3) is 0 Å². The van der Waals surface area contributed by atoms with Crippen LogP contribution in [0.4, 0.5) is 0 Å². The van der Waals surface area contributed by atoms with Crippen molar-refractivity contribution in [2.45, 2.75) is 50.8 Å². The van der Waals surface area contributed by atoms with Crippen LogP contribution in [0.3, 0.4) is 0 Å². The first-order valence-corrected chi connectivity index (χ1v) is 8.33. The maximum absolute atomic E-state index is 12.2. The Hall–Kier alpha value is -0.710. The molecular formula is C14H24N2O2S. The standard InChI is InChI=1S/C14H24N2O2S/c1-3-5-12(17)15-8-7-14(11-15)16(9-10-19-14)13(18)6-4-2/h3-11H2,1-2H3. The minimum Gasteiger partial charge on any atom is -0.339 e. The molecule has 2 saturated heterocycles. The fraction of sp³-hybridized carbons (Fsp3) is 0.857. The highest BCUT2D eigenvalue weighted by atomic mass is 32.2. The Kier molecular flexibility index (Phi) is 4.76. The van der Waals surface area contributed by atoms with E-state index in [1.54, 1.807) is 0 Å². The number of amides is 2. The second-order valence-corrected chi connectivity index (χ2v) is 6.86. The van der Waals surface area contributed by atoms with Crippen LogP contribution in [0.1, 0.15) is 46.0 Å². The van der Waals surface area contributed by atoms with Crippen molar-refractivity contribution in [3.05, 3.63) is 0 Å². The molecule has 2 heterocycles. The molecule has 1 unspecified atom stereocenters. The van der Waals surface area contributed by atoms with Crippen LogP contribution in [0.2, 0.25) is 0 Å². The Morgan fingerprint density at radius 3 is 2.47 bits per heavy atom. The van der Waals surface area contributed by atoms with Crippen LogP contribution in [-0.4, -0.2) is 51.9 Å². The van der Waals surface area contributed by atoms with Gasteiger partial charge in [-0.2, -0.15) is 0 Å². The number of rotatable bonds is 4. The molecule has 2 aliphatic rings. The Morgan fingerprint density at radius 2 is 1.79 bits per heavy atom. The van der Waals surface area contributed by atoms with E-state index >= 15 is 0 Å². The van der Waals surface area contributed by atoms with Crippen LogP contribution < -0.4 is 0 Å². The minimum absolute atomic E-state index is 0.115. The molecule has 4 nitrogen and oxygen atoms in total. The number of thioether (sulfide) groups is 1. The summed E-state index contributed by atoms with van der Waals surface area (Å²) in [6, 6.07) is 0. The van der Waals surface area contributed by atoms with E-state index in [1.807, 2.05) is 35.4 Å². The molecule has 0 aromatic heterocycles. The largest absolute Gasteiger partial charge is 0.339 e. The van der Waals surface area contributed by atoms with E-state index in [0.717, 1.165) is 44.6 Å². The van der Waals surface area contributed by atoms with Gasteiger partial charge in [0.2, 0.25) is 11.8 Å². The van der Waals surface area contributed by atoms with E-state index in [9.17, 15) is 9.59 Å². The third kappa shape index (κ3) is 2.91. The molecule has 0 saturated carbocycles. The third-order valence-electron chi connectivity index (χ3n) is 3.97. The van der Waals surface area contributed by atoms with Crippen molar-refractivity contribution >= 4 is 23.6 Å². The van der Waals surface area contributed by atoms with Crippen LogP contribution >= 0.6 is 11.8 Å². The fourth-order valence-corrected chi connectivity index (χ4v) is 4.48. The summed E-state index contributed by atoms with van der Waals surface area (Å²) in [5.41, 5.74) is 0. The van der Waals surface area contributed by atoms with Crippen molar-refractivity contribution in [2.75, 3.05) is 25.4 Å². The van der Waals surface area contributed by atoms with E-state index in [-0.39, 0.29) is 16.7 Å². The normalized spacial score (nSPS) is 26.4. The average Bonchev–Trinajstić information content (AvgIpc) is 2.98. The number of nitrogens with zero attached hydrogens (tertiary/aromatic N) is 2. The van der Waals surface area contributed by atoms with Gasteiger partial charge in [0.25, 0.3) is 0 Å². The van der Waals surface area contributed by atoms with Gasteiger partial charge >= 0.3 is 0 Å². The van der Waals surface area contributed by atoms with Gasteiger partial charge in [-0.25, -0.2) is 0 Å². The van der Waals surface area contributed by atoms with E-state index in [2.05, 4.69) is 0 Å². The summed E-state index contributed by atoms with van der Waals surface area (Å²) < 4.78 is 0. The summed E-state index contributed by atoms with van der Waals surface area (Å²) in [5.74, 6) is 1.51. The second kappa shape index (κ2) is 6.16. The lowest BCUT2D eigenvalue weighted by molar-refractivity contribution is -0.135. The van der Waals surface area contributed by atoms with Gasteiger partial charge in [0.05, 0.1) is 6.54 Å². The van der Waals surface area contributed by atoms with E-state index in [4.69, 9.17) is 0 Å². The Labute approximate surface area is 119 Å². The van der Waals surface area contributed by atoms with Crippen molar-refractivity contribution in [1.82, 2.24) is 9.80 Å². The Morgan fingerprint density at radius 1 is 1.11 bits per heavy atom. The number of hydrogen-bond acceptors (Lipinski definition) is 3. The molecule has 19 heavy (non-hydrogen) atoms. The molecule has 2 fully saturated rings. The van der Waals surface area contributed by atoms with Gasteiger partial charge in [-0.05, 0) is 19.3 Å². The SMILES string of the molecule is CCCC(=O)N1CCC2(C1)SCCN2C(=O)CCC. The number of hydrogen-bond donors (Lipinski definition) is 0. The summed E-state index contributed by atoms with van der Waals surface area (Å²) in [4.78, 5) is 28.1. The molecule has 2 amide bonds. The average molecular weight is 284 g/mol. The van der Waals surface area contributed by atoms with Gasteiger partial charge in [-0.1, -0.05) is 13.8 Å². The van der Waals surface area contributed by atoms with Crippen LogP contribution in [-0.2, 0) is 9.59 Å². The van der Waals surface area contributed by atoms with Gasteiger partial charge in [0, 0.05) is 31.7 Å². The van der Waals surface area contributed by atoms with Crippen LogP contribution in [0.15, 0.2) is 0 Å². The molecule has 0 aromatic rings. The number of likely N-dealkylation sites (tertiary alicyclic amines) is 1. The molecule has 2 aliphatic heterocycles. The molecule has 0 bridgehead atoms. The lowest BCUT2D eigenvalue weighted by Gasteiger charge is -2.34. The predicted molar refractivity (Wildman–Crippen MR) is 77.9 cm³/mol. The van der Waals surface area contributed by atoms with Crippen molar-refractivity contribution in [3.63, 3.8) is 0 Å². The van der Waals surface area contributed by atoms with E-state index in [1.165, 1.54) is 0 Å². The molecule has 1 atom stereocenters. The van der Waals surface area contributed by atoms with E-state index in [0.29, 0.717) is 12.8 Å². The molecule has 0 radical (unpaired) electrons. The van der Waals surface area contributed by atoms with Gasteiger partial charge in [-0.15, -0.1) is 11.8 Å². The van der Waals surface area contributed by atoms with Crippen molar-refractivity contribution < 1.29 is 9.59 Å². The zero-order valence-electron chi connectivity index (χ0n) is 12.0. The molecule has 0 N–H and O–H groups in total. The summed E-state index contributed by atoms with van der Waals surface area (Å²) >= 11 is 1.87. The predicted octanol–water partition coefficient (Wildman–Crippen LogP) is 2.09. The van der Waals surface area contributed by atoms with Crippen molar-refractivity contribution in [3.8, 4) is 0 Å². The summed E-state index contributed by atoms with van der Waals surface area (Å²) in [5, 5.41) is 0. The molecule has 0 aromatic carbocycles. The monoisotopic (exact) mass is 284 g/mol. The molecular weight excluding hydrogens is 260 g/mol. The molecule has 1 spiro atoms. The smallest absolute Gasteiger partial charge is 0.223 e. The third-order valence-corrected chi connectivity index (χ3v) is 5.45. The molecule has 2 rings (SSSR count). The number of carbonyl (C=O) groups is 2. The lowest BCUT2D eigenvalue weighted by Crippen LogP contribution is -2.48. The highest BCUT2D eigenvalue weighted by molar-refractivity contribution is 8.00. The second-order valence-electron chi connectivity index (χ2n) is 5.41. The first-order valence-electron chi connectivity index (χ1n) is 7.35. The van der Waals surface area contributed by atoms with Crippen molar-refractivity contribution in [2.24, 2.45) is 0 Å². The molecule has 5 heteroatoms. The maximum atomic E-state index is 12.2. The van der Waals surface area contributed by atoms with Gasteiger partial charge < -0.3 is 9.80 Å². The number of carbonyl (C=O) groups excluding carboxylic acids is 2. The highest BCUT2D eigenvalue weighted by Gasteiger charge is 2.49.